The number of para-hydroxylation sites is 1. The molecule has 0 atom stereocenters. The Morgan fingerprint density at radius 1 is 0.923 bits per heavy atom. The van der Waals surface area contributed by atoms with Gasteiger partial charge in [-0.15, -0.1) is 0 Å². The molecular weight excluding hydrogens is 390 g/mol. The normalized spacial score (nSPS) is 10.3. The highest BCUT2D eigenvalue weighted by atomic mass is 79.9. The number of halogens is 1. The van der Waals surface area contributed by atoms with Gasteiger partial charge in [0, 0.05) is 16.6 Å². The third kappa shape index (κ3) is 5.20. The molecule has 26 heavy (non-hydrogen) atoms. The first-order chi connectivity index (χ1) is 12.7. The molecule has 0 unspecified atom stereocenters. The Balaban J connectivity index is 1.55. The maximum Gasteiger partial charge on any atom is 0.251 e. The van der Waals surface area contributed by atoms with Crippen molar-refractivity contribution in [2.45, 2.75) is 13.0 Å². The van der Waals surface area contributed by atoms with E-state index >= 15 is 0 Å². The van der Waals surface area contributed by atoms with Crippen molar-refractivity contribution in [3.05, 3.63) is 100 Å². The van der Waals surface area contributed by atoms with E-state index in [9.17, 15) is 4.79 Å². The lowest BCUT2D eigenvalue weighted by molar-refractivity contribution is 0.0954. The standard InChI is InChI=1S/C22H20BrNO2/c23-20-11-6-10-19(15-20)22(25)24-14-13-18-9-4-5-12-21(18)26-16-17-7-2-1-3-8-17/h1-12,15H,13-14,16H2,(H,24,25). The molecule has 0 aliphatic rings. The van der Waals surface area contributed by atoms with Crippen LogP contribution in [0.2, 0.25) is 0 Å². The lowest BCUT2D eigenvalue weighted by Gasteiger charge is -2.12. The molecule has 3 aromatic carbocycles. The van der Waals surface area contributed by atoms with E-state index in [0.29, 0.717) is 25.1 Å². The van der Waals surface area contributed by atoms with Crippen molar-refractivity contribution in [1.82, 2.24) is 5.32 Å². The molecule has 0 aliphatic heterocycles. The van der Waals surface area contributed by atoms with Crippen LogP contribution in [0.1, 0.15) is 21.5 Å². The summed E-state index contributed by atoms with van der Waals surface area (Å²) in [7, 11) is 0. The summed E-state index contributed by atoms with van der Waals surface area (Å²) in [6.07, 6.45) is 0.713. The van der Waals surface area contributed by atoms with E-state index in [-0.39, 0.29) is 5.91 Å². The molecular formula is C22H20BrNO2. The molecule has 0 aromatic heterocycles. The van der Waals surface area contributed by atoms with Crippen LogP contribution in [0.5, 0.6) is 5.75 Å². The Bertz CT molecular complexity index is 865. The SMILES string of the molecule is O=C(NCCc1ccccc1OCc1ccccc1)c1cccc(Br)c1. The van der Waals surface area contributed by atoms with E-state index in [4.69, 9.17) is 4.74 Å². The van der Waals surface area contributed by atoms with Crippen molar-refractivity contribution in [3.8, 4) is 5.75 Å². The zero-order chi connectivity index (χ0) is 18.2. The fraction of sp³-hybridized carbons (Fsp3) is 0.136. The quantitative estimate of drug-likeness (QED) is 0.595. The Morgan fingerprint density at radius 2 is 1.69 bits per heavy atom. The monoisotopic (exact) mass is 409 g/mol. The first-order valence-corrected chi connectivity index (χ1v) is 9.30. The van der Waals surface area contributed by atoms with Crippen LogP contribution in [-0.4, -0.2) is 12.5 Å². The molecule has 132 valence electrons. The van der Waals surface area contributed by atoms with E-state index in [2.05, 4.69) is 21.2 Å². The van der Waals surface area contributed by atoms with E-state index < -0.39 is 0 Å². The first-order valence-electron chi connectivity index (χ1n) is 8.51. The summed E-state index contributed by atoms with van der Waals surface area (Å²) in [5.41, 5.74) is 2.86. The molecule has 0 heterocycles. The molecule has 1 N–H and O–H groups in total. The van der Waals surface area contributed by atoms with Gasteiger partial charge in [-0.3, -0.25) is 4.79 Å². The van der Waals surface area contributed by atoms with E-state index in [1.54, 1.807) is 6.07 Å². The molecule has 1 amide bonds. The Morgan fingerprint density at radius 3 is 2.50 bits per heavy atom. The second-order valence-electron chi connectivity index (χ2n) is 5.90. The lowest BCUT2D eigenvalue weighted by Crippen LogP contribution is -2.25. The van der Waals surface area contributed by atoms with Gasteiger partial charge in [0.15, 0.2) is 0 Å². The summed E-state index contributed by atoms with van der Waals surface area (Å²) in [5.74, 6) is 0.780. The number of nitrogens with one attached hydrogen (secondary N) is 1. The van der Waals surface area contributed by atoms with E-state index in [1.165, 1.54) is 0 Å². The maximum absolute atomic E-state index is 12.2. The van der Waals surface area contributed by atoms with Gasteiger partial charge in [0.05, 0.1) is 0 Å². The number of carbonyl (C=O) groups excluding carboxylic acids is 1. The number of hydrogen-bond acceptors (Lipinski definition) is 2. The minimum atomic E-state index is -0.0750. The Kier molecular flexibility index (Phi) is 6.45. The lowest BCUT2D eigenvalue weighted by atomic mass is 10.1. The van der Waals surface area contributed by atoms with Crippen LogP contribution in [-0.2, 0) is 13.0 Å². The Hall–Kier alpha value is -2.59. The average molecular weight is 410 g/mol. The molecule has 0 saturated carbocycles. The summed E-state index contributed by atoms with van der Waals surface area (Å²) in [5, 5.41) is 2.96. The average Bonchev–Trinajstić information content (AvgIpc) is 2.68. The van der Waals surface area contributed by atoms with Crippen LogP contribution < -0.4 is 10.1 Å². The molecule has 3 nitrogen and oxygen atoms in total. The van der Waals surface area contributed by atoms with Gasteiger partial charge in [-0.05, 0) is 41.8 Å². The van der Waals surface area contributed by atoms with Crippen LogP contribution in [0.4, 0.5) is 0 Å². The third-order valence-electron chi connectivity index (χ3n) is 3.98. The fourth-order valence-electron chi connectivity index (χ4n) is 2.63. The number of benzene rings is 3. The van der Waals surface area contributed by atoms with Gasteiger partial charge in [-0.25, -0.2) is 0 Å². The van der Waals surface area contributed by atoms with Gasteiger partial charge in [0.25, 0.3) is 5.91 Å². The summed E-state index contributed by atoms with van der Waals surface area (Å²) >= 11 is 3.38. The van der Waals surface area contributed by atoms with Gasteiger partial charge >= 0.3 is 0 Å². The second-order valence-corrected chi connectivity index (χ2v) is 6.81. The van der Waals surface area contributed by atoms with Gasteiger partial charge < -0.3 is 10.1 Å². The highest BCUT2D eigenvalue weighted by molar-refractivity contribution is 9.10. The number of ether oxygens (including phenoxy) is 1. The third-order valence-corrected chi connectivity index (χ3v) is 4.47. The van der Waals surface area contributed by atoms with Crippen LogP contribution in [0.15, 0.2) is 83.3 Å². The molecule has 4 heteroatoms. The maximum atomic E-state index is 12.2. The smallest absolute Gasteiger partial charge is 0.251 e. The van der Waals surface area contributed by atoms with Crippen LogP contribution in [0.25, 0.3) is 0 Å². The van der Waals surface area contributed by atoms with Gasteiger partial charge in [-0.2, -0.15) is 0 Å². The van der Waals surface area contributed by atoms with Crippen molar-refractivity contribution >= 4 is 21.8 Å². The topological polar surface area (TPSA) is 38.3 Å². The summed E-state index contributed by atoms with van der Waals surface area (Å²) in [6, 6.07) is 25.4. The summed E-state index contributed by atoms with van der Waals surface area (Å²) in [6.45, 7) is 1.08. The molecule has 0 radical (unpaired) electrons. The molecule has 0 aliphatic carbocycles. The molecule has 0 saturated heterocycles. The van der Waals surface area contributed by atoms with E-state index in [1.807, 2.05) is 72.8 Å². The number of amides is 1. The highest BCUT2D eigenvalue weighted by Gasteiger charge is 2.07. The molecule has 0 spiro atoms. The van der Waals surface area contributed by atoms with Crippen LogP contribution in [0, 0.1) is 0 Å². The molecule has 3 aromatic rings. The van der Waals surface area contributed by atoms with Crippen LogP contribution in [0.3, 0.4) is 0 Å². The predicted octanol–water partition coefficient (Wildman–Crippen LogP) is 5.00. The number of carbonyl (C=O) groups is 1. The van der Waals surface area contributed by atoms with Crippen LogP contribution >= 0.6 is 15.9 Å². The molecule has 0 fully saturated rings. The first kappa shape index (κ1) is 18.2. The van der Waals surface area contributed by atoms with Gasteiger partial charge in [-0.1, -0.05) is 70.5 Å². The summed E-state index contributed by atoms with van der Waals surface area (Å²) in [4.78, 5) is 12.2. The molecule has 3 rings (SSSR count). The van der Waals surface area contributed by atoms with Crippen molar-refractivity contribution in [2.24, 2.45) is 0 Å². The fourth-order valence-corrected chi connectivity index (χ4v) is 3.03. The molecule has 0 bridgehead atoms. The van der Waals surface area contributed by atoms with Gasteiger partial charge in [0.1, 0.15) is 12.4 Å². The zero-order valence-corrected chi connectivity index (χ0v) is 15.9. The second kappa shape index (κ2) is 9.20. The minimum Gasteiger partial charge on any atom is -0.489 e. The van der Waals surface area contributed by atoms with Crippen molar-refractivity contribution < 1.29 is 9.53 Å². The van der Waals surface area contributed by atoms with Crippen molar-refractivity contribution in [3.63, 3.8) is 0 Å². The summed E-state index contributed by atoms with van der Waals surface area (Å²) < 4.78 is 6.86. The number of rotatable bonds is 7. The highest BCUT2D eigenvalue weighted by Crippen LogP contribution is 2.20. The minimum absolute atomic E-state index is 0.0750. The Labute approximate surface area is 162 Å². The zero-order valence-electron chi connectivity index (χ0n) is 14.3. The number of hydrogen-bond donors (Lipinski definition) is 1. The van der Waals surface area contributed by atoms with Crippen molar-refractivity contribution in [1.29, 1.82) is 0 Å². The van der Waals surface area contributed by atoms with E-state index in [0.717, 1.165) is 21.3 Å². The van der Waals surface area contributed by atoms with Gasteiger partial charge in [0.2, 0.25) is 0 Å². The largest absolute Gasteiger partial charge is 0.489 e. The van der Waals surface area contributed by atoms with Crippen molar-refractivity contribution in [2.75, 3.05) is 6.54 Å². The predicted molar refractivity (Wildman–Crippen MR) is 107 cm³/mol.